The van der Waals surface area contributed by atoms with Gasteiger partial charge in [0, 0.05) is 25.3 Å². The van der Waals surface area contributed by atoms with Crippen molar-refractivity contribution in [1.82, 2.24) is 0 Å². The molecular weight excluding hydrogens is 305 g/mol. The van der Waals surface area contributed by atoms with Crippen molar-refractivity contribution < 1.29 is 21.6 Å². The van der Waals surface area contributed by atoms with E-state index < -0.39 is 21.6 Å². The lowest BCUT2D eigenvalue weighted by Gasteiger charge is -2.25. The Morgan fingerprint density at radius 1 is 1.19 bits per heavy atom. The second-order valence-corrected chi connectivity index (χ2v) is 7.34. The Morgan fingerprint density at radius 2 is 1.90 bits per heavy atom. The maximum Gasteiger partial charge on any atom is 0.416 e. The average Bonchev–Trinajstić information content (AvgIpc) is 2.58. The molecule has 0 unspecified atom stereocenters. The van der Waals surface area contributed by atoms with Gasteiger partial charge in [-0.15, -0.1) is 0 Å². The van der Waals surface area contributed by atoms with Crippen LogP contribution >= 0.6 is 0 Å². The molecule has 0 atom stereocenters. The van der Waals surface area contributed by atoms with Gasteiger partial charge in [-0.05, 0) is 30.2 Å². The molecule has 2 N–H and O–H groups in total. The first-order chi connectivity index (χ1) is 9.73. The Hall–Kier alpha value is -1.28. The molecule has 0 radical (unpaired) electrons. The lowest BCUT2D eigenvalue weighted by Crippen LogP contribution is -2.28. The number of sulfone groups is 1. The topological polar surface area (TPSA) is 63.4 Å². The molecule has 1 heterocycles. The number of rotatable bonds is 2. The van der Waals surface area contributed by atoms with Gasteiger partial charge < -0.3 is 10.6 Å². The third-order valence-corrected chi connectivity index (χ3v) is 5.24. The lowest BCUT2D eigenvalue weighted by molar-refractivity contribution is -0.137. The molecule has 0 aliphatic carbocycles. The molecule has 2 rings (SSSR count). The van der Waals surface area contributed by atoms with Crippen molar-refractivity contribution in [2.45, 2.75) is 19.1 Å². The summed E-state index contributed by atoms with van der Waals surface area (Å²) in [6.07, 6.45) is -3.95. The molecular formula is C13H17F3N2O2S. The van der Waals surface area contributed by atoms with Crippen LogP contribution in [-0.2, 0) is 22.6 Å². The molecule has 118 valence electrons. The van der Waals surface area contributed by atoms with E-state index in [9.17, 15) is 21.6 Å². The van der Waals surface area contributed by atoms with E-state index in [0.29, 0.717) is 24.2 Å². The number of alkyl halides is 3. The summed E-state index contributed by atoms with van der Waals surface area (Å²) >= 11 is 0. The predicted octanol–water partition coefficient (Wildman–Crippen LogP) is 1.79. The zero-order chi connectivity index (χ0) is 15.7. The average molecular weight is 322 g/mol. The van der Waals surface area contributed by atoms with E-state index in [2.05, 4.69) is 0 Å². The van der Waals surface area contributed by atoms with Crippen molar-refractivity contribution >= 4 is 15.5 Å². The van der Waals surface area contributed by atoms with Crippen molar-refractivity contribution in [1.29, 1.82) is 0 Å². The summed E-state index contributed by atoms with van der Waals surface area (Å²) in [5.74, 6) is 0.125. The third kappa shape index (κ3) is 3.88. The van der Waals surface area contributed by atoms with Gasteiger partial charge in [-0.2, -0.15) is 13.2 Å². The van der Waals surface area contributed by atoms with Crippen LogP contribution in [0.3, 0.4) is 0 Å². The van der Waals surface area contributed by atoms with Gasteiger partial charge in [-0.3, -0.25) is 0 Å². The SMILES string of the molecule is NCc1cc(C(F)(F)F)ccc1N1CCCS(=O)(=O)CC1. The highest BCUT2D eigenvalue weighted by Crippen LogP contribution is 2.33. The van der Waals surface area contributed by atoms with Gasteiger partial charge in [0.05, 0.1) is 17.1 Å². The second kappa shape index (κ2) is 5.84. The molecule has 4 nitrogen and oxygen atoms in total. The smallest absolute Gasteiger partial charge is 0.370 e. The highest BCUT2D eigenvalue weighted by Gasteiger charge is 2.31. The quantitative estimate of drug-likeness (QED) is 0.902. The first-order valence-corrected chi connectivity index (χ1v) is 8.40. The number of benzene rings is 1. The van der Waals surface area contributed by atoms with Gasteiger partial charge >= 0.3 is 6.18 Å². The first-order valence-electron chi connectivity index (χ1n) is 6.58. The highest BCUT2D eigenvalue weighted by atomic mass is 32.2. The molecule has 0 spiro atoms. The standard InChI is InChI=1S/C13H17F3N2O2S/c14-13(15,16)11-2-3-12(10(8-11)9-17)18-4-1-6-21(19,20)7-5-18/h2-3,8H,1,4-7,9,17H2. The van der Waals surface area contributed by atoms with Crippen LogP contribution in [0.2, 0.25) is 0 Å². The summed E-state index contributed by atoms with van der Waals surface area (Å²) in [5, 5.41) is 0. The molecule has 1 saturated heterocycles. The van der Waals surface area contributed by atoms with Gasteiger partial charge in [0.1, 0.15) is 0 Å². The van der Waals surface area contributed by atoms with Crippen LogP contribution in [0.4, 0.5) is 18.9 Å². The Labute approximate surface area is 121 Å². The van der Waals surface area contributed by atoms with Crippen molar-refractivity contribution in [3.63, 3.8) is 0 Å². The van der Waals surface area contributed by atoms with Crippen LogP contribution in [0.1, 0.15) is 17.5 Å². The summed E-state index contributed by atoms with van der Waals surface area (Å²) in [4.78, 5) is 1.80. The van der Waals surface area contributed by atoms with E-state index in [1.807, 2.05) is 0 Å². The van der Waals surface area contributed by atoms with Crippen molar-refractivity contribution in [2.75, 3.05) is 29.5 Å². The minimum absolute atomic E-state index is 0.0119. The largest absolute Gasteiger partial charge is 0.416 e. The first kappa shape index (κ1) is 16.1. The predicted molar refractivity (Wildman–Crippen MR) is 74.8 cm³/mol. The van der Waals surface area contributed by atoms with Crippen LogP contribution in [-0.4, -0.2) is 33.0 Å². The van der Waals surface area contributed by atoms with Crippen LogP contribution in [0.15, 0.2) is 18.2 Å². The summed E-state index contributed by atoms with van der Waals surface area (Å²) in [7, 11) is -3.06. The molecule has 0 aromatic heterocycles. The molecule has 1 fully saturated rings. The monoisotopic (exact) mass is 322 g/mol. The van der Waals surface area contributed by atoms with E-state index in [4.69, 9.17) is 5.73 Å². The normalized spacial score (nSPS) is 19.3. The van der Waals surface area contributed by atoms with Crippen molar-refractivity contribution in [3.8, 4) is 0 Å². The van der Waals surface area contributed by atoms with E-state index in [1.54, 1.807) is 4.90 Å². The van der Waals surface area contributed by atoms with Gasteiger partial charge in [0.25, 0.3) is 0 Å². The highest BCUT2D eigenvalue weighted by molar-refractivity contribution is 7.91. The number of nitrogens with two attached hydrogens (primary N) is 1. The van der Waals surface area contributed by atoms with Crippen LogP contribution in [0.5, 0.6) is 0 Å². The summed E-state index contributed by atoms with van der Waals surface area (Å²) in [6.45, 7) is 0.751. The lowest BCUT2D eigenvalue weighted by atomic mass is 10.1. The molecule has 21 heavy (non-hydrogen) atoms. The fourth-order valence-electron chi connectivity index (χ4n) is 2.41. The summed E-state index contributed by atoms with van der Waals surface area (Å²) < 4.78 is 61.3. The summed E-state index contributed by atoms with van der Waals surface area (Å²) in [5.41, 5.74) is 5.77. The van der Waals surface area contributed by atoms with E-state index >= 15 is 0 Å². The Morgan fingerprint density at radius 3 is 2.52 bits per heavy atom. The zero-order valence-electron chi connectivity index (χ0n) is 11.4. The number of anilines is 1. The molecule has 0 saturated carbocycles. The van der Waals surface area contributed by atoms with E-state index in [0.717, 1.165) is 12.1 Å². The molecule has 1 aliphatic rings. The Kier molecular flexibility index (Phi) is 4.48. The zero-order valence-corrected chi connectivity index (χ0v) is 12.2. The van der Waals surface area contributed by atoms with Crippen molar-refractivity contribution in [2.24, 2.45) is 5.73 Å². The van der Waals surface area contributed by atoms with Gasteiger partial charge in [0.15, 0.2) is 9.84 Å². The van der Waals surface area contributed by atoms with Crippen LogP contribution < -0.4 is 10.6 Å². The molecule has 1 aromatic rings. The fourth-order valence-corrected chi connectivity index (χ4v) is 3.68. The molecule has 8 heteroatoms. The molecule has 0 bridgehead atoms. The molecule has 1 aromatic carbocycles. The minimum Gasteiger partial charge on any atom is -0.370 e. The summed E-state index contributed by atoms with van der Waals surface area (Å²) in [6, 6.07) is 3.42. The maximum absolute atomic E-state index is 12.7. The number of hydrogen-bond acceptors (Lipinski definition) is 4. The number of halogens is 3. The second-order valence-electron chi connectivity index (χ2n) is 5.04. The Bertz CT molecular complexity index is 614. The molecule has 1 aliphatic heterocycles. The van der Waals surface area contributed by atoms with Crippen LogP contribution in [0, 0.1) is 0 Å². The maximum atomic E-state index is 12.7. The third-order valence-electron chi connectivity index (χ3n) is 3.52. The Balaban J connectivity index is 2.31. The van der Waals surface area contributed by atoms with Crippen molar-refractivity contribution in [3.05, 3.63) is 29.3 Å². The van der Waals surface area contributed by atoms with Gasteiger partial charge in [-0.25, -0.2) is 8.42 Å². The van der Waals surface area contributed by atoms with Gasteiger partial charge in [0.2, 0.25) is 0 Å². The van der Waals surface area contributed by atoms with Crippen LogP contribution in [0.25, 0.3) is 0 Å². The number of nitrogens with zero attached hydrogens (tertiary/aromatic N) is 1. The number of hydrogen-bond donors (Lipinski definition) is 1. The van der Waals surface area contributed by atoms with Gasteiger partial charge in [-0.1, -0.05) is 0 Å². The van der Waals surface area contributed by atoms with E-state index in [-0.39, 0.29) is 24.6 Å². The molecule has 0 amide bonds. The minimum atomic E-state index is -4.41. The fraction of sp³-hybridized carbons (Fsp3) is 0.538. The van der Waals surface area contributed by atoms with E-state index in [1.165, 1.54) is 6.07 Å².